The van der Waals surface area contributed by atoms with Crippen molar-refractivity contribution >= 4 is 32.6 Å². The van der Waals surface area contributed by atoms with Gasteiger partial charge in [0, 0.05) is 15.4 Å². The lowest BCUT2D eigenvalue weighted by molar-refractivity contribution is 0.0969. The largest absolute Gasteiger partial charge is 0.292 e. The molecule has 0 saturated heterocycles. The second-order valence-electron chi connectivity index (χ2n) is 4.29. The summed E-state index contributed by atoms with van der Waals surface area (Å²) in [5.41, 5.74) is 1.68. The summed E-state index contributed by atoms with van der Waals surface area (Å²) in [5.74, 6) is 0.0568. The fraction of sp³-hybridized carbons (Fsp3) is 0.0667. The number of fused-ring (bicyclic) bond motifs is 1. The van der Waals surface area contributed by atoms with E-state index in [0.29, 0.717) is 5.56 Å². The van der Waals surface area contributed by atoms with E-state index in [-0.39, 0.29) is 12.3 Å². The second kappa shape index (κ2) is 4.97. The fourth-order valence-electron chi connectivity index (χ4n) is 2.01. The minimum absolute atomic E-state index is 0.0568. The Morgan fingerprint density at radius 2 is 1.84 bits per heavy atom. The van der Waals surface area contributed by atoms with E-state index in [2.05, 4.69) is 21.0 Å². The van der Waals surface area contributed by atoms with Crippen molar-refractivity contribution in [1.82, 2.24) is 9.78 Å². The van der Waals surface area contributed by atoms with Crippen LogP contribution in [0.2, 0.25) is 0 Å². The van der Waals surface area contributed by atoms with Gasteiger partial charge in [0.05, 0.1) is 11.7 Å². The molecule has 0 N–H and O–H groups in total. The van der Waals surface area contributed by atoms with Crippen molar-refractivity contribution in [2.45, 2.75) is 6.54 Å². The lowest BCUT2D eigenvalue weighted by Gasteiger charge is -2.03. The molecule has 0 aliphatic carbocycles. The number of aromatic nitrogens is 2. The number of nitrogens with zero attached hydrogens (tertiary/aromatic N) is 2. The predicted molar refractivity (Wildman–Crippen MR) is 78.2 cm³/mol. The molecule has 94 valence electrons. The topological polar surface area (TPSA) is 34.9 Å². The molecule has 0 atom stereocenters. The molecule has 0 saturated carbocycles. The summed E-state index contributed by atoms with van der Waals surface area (Å²) >= 11 is 3.36. The Bertz CT molecular complexity index is 731. The van der Waals surface area contributed by atoms with Gasteiger partial charge in [0.25, 0.3) is 0 Å². The third kappa shape index (κ3) is 2.44. The smallest absolute Gasteiger partial charge is 0.184 e. The van der Waals surface area contributed by atoms with Gasteiger partial charge in [-0.1, -0.05) is 46.3 Å². The van der Waals surface area contributed by atoms with Crippen LogP contribution in [0.1, 0.15) is 10.4 Å². The van der Waals surface area contributed by atoms with Crippen LogP contribution in [0.3, 0.4) is 0 Å². The zero-order chi connectivity index (χ0) is 13.2. The maximum atomic E-state index is 12.2. The SMILES string of the molecule is O=C(Cn1ncc2ccccc21)c1ccc(Br)cc1. The second-order valence-corrected chi connectivity index (χ2v) is 5.21. The van der Waals surface area contributed by atoms with Gasteiger partial charge in [-0.2, -0.15) is 5.10 Å². The van der Waals surface area contributed by atoms with Gasteiger partial charge in [0.2, 0.25) is 0 Å². The van der Waals surface area contributed by atoms with E-state index in [1.165, 1.54) is 0 Å². The molecule has 0 aliphatic rings. The Kier molecular flexibility index (Phi) is 3.17. The van der Waals surface area contributed by atoms with Gasteiger partial charge in [-0.05, 0) is 18.2 Å². The molecule has 0 aliphatic heterocycles. The summed E-state index contributed by atoms with van der Waals surface area (Å²) in [5, 5.41) is 5.31. The molecule has 0 radical (unpaired) electrons. The maximum absolute atomic E-state index is 12.2. The van der Waals surface area contributed by atoms with E-state index in [4.69, 9.17) is 0 Å². The molecule has 1 aromatic heterocycles. The first kappa shape index (κ1) is 12.1. The number of ketones is 1. The first-order valence-electron chi connectivity index (χ1n) is 5.93. The molecule has 19 heavy (non-hydrogen) atoms. The molecular formula is C15H11BrN2O. The fourth-order valence-corrected chi connectivity index (χ4v) is 2.28. The number of Topliss-reactive ketones (excluding diaryl/α,β-unsaturated/α-hetero) is 1. The highest BCUT2D eigenvalue weighted by molar-refractivity contribution is 9.10. The summed E-state index contributed by atoms with van der Waals surface area (Å²) < 4.78 is 2.70. The number of benzene rings is 2. The highest BCUT2D eigenvalue weighted by Crippen LogP contribution is 2.15. The Morgan fingerprint density at radius 3 is 2.63 bits per heavy atom. The molecule has 0 spiro atoms. The van der Waals surface area contributed by atoms with Crippen LogP contribution in [-0.2, 0) is 6.54 Å². The van der Waals surface area contributed by atoms with Gasteiger partial charge >= 0.3 is 0 Å². The van der Waals surface area contributed by atoms with Gasteiger partial charge < -0.3 is 0 Å². The molecular weight excluding hydrogens is 304 g/mol. The third-order valence-corrected chi connectivity index (χ3v) is 3.54. The van der Waals surface area contributed by atoms with Crippen LogP contribution in [0.15, 0.2) is 59.2 Å². The Balaban J connectivity index is 1.89. The van der Waals surface area contributed by atoms with Crippen LogP contribution in [-0.4, -0.2) is 15.6 Å². The quantitative estimate of drug-likeness (QED) is 0.691. The minimum atomic E-state index is 0.0568. The number of para-hydroxylation sites is 1. The summed E-state index contributed by atoms with van der Waals surface area (Å²) in [6.07, 6.45) is 1.78. The highest BCUT2D eigenvalue weighted by Gasteiger charge is 2.09. The van der Waals surface area contributed by atoms with E-state index >= 15 is 0 Å². The van der Waals surface area contributed by atoms with Crippen molar-refractivity contribution in [1.29, 1.82) is 0 Å². The molecule has 3 rings (SSSR count). The van der Waals surface area contributed by atoms with Crippen molar-refractivity contribution in [3.8, 4) is 0 Å². The lowest BCUT2D eigenvalue weighted by Crippen LogP contribution is -2.11. The van der Waals surface area contributed by atoms with Crippen molar-refractivity contribution < 1.29 is 4.79 Å². The number of rotatable bonds is 3. The Morgan fingerprint density at radius 1 is 1.11 bits per heavy atom. The van der Waals surface area contributed by atoms with Crippen LogP contribution in [0, 0.1) is 0 Å². The highest BCUT2D eigenvalue weighted by atomic mass is 79.9. The molecule has 4 heteroatoms. The van der Waals surface area contributed by atoms with Crippen LogP contribution >= 0.6 is 15.9 Å². The third-order valence-electron chi connectivity index (χ3n) is 3.01. The summed E-state index contributed by atoms with van der Waals surface area (Å²) in [4.78, 5) is 12.2. The number of hydrogen-bond acceptors (Lipinski definition) is 2. The maximum Gasteiger partial charge on any atom is 0.184 e. The summed E-state index contributed by atoms with van der Waals surface area (Å²) in [6.45, 7) is 0.259. The molecule has 0 fully saturated rings. The normalized spacial score (nSPS) is 10.8. The molecule has 3 aromatic rings. The number of carbonyl (C=O) groups is 1. The number of carbonyl (C=O) groups excluding carboxylic acids is 1. The molecule has 0 amide bonds. The molecule has 1 heterocycles. The van der Waals surface area contributed by atoms with E-state index in [9.17, 15) is 4.79 Å². The van der Waals surface area contributed by atoms with Gasteiger partial charge in [-0.25, -0.2) is 0 Å². The molecule has 0 bridgehead atoms. The zero-order valence-electron chi connectivity index (χ0n) is 10.1. The van der Waals surface area contributed by atoms with Crippen LogP contribution < -0.4 is 0 Å². The van der Waals surface area contributed by atoms with E-state index in [1.54, 1.807) is 10.9 Å². The van der Waals surface area contributed by atoms with Crippen LogP contribution in [0.4, 0.5) is 0 Å². The first-order valence-corrected chi connectivity index (χ1v) is 6.73. The van der Waals surface area contributed by atoms with Crippen LogP contribution in [0.5, 0.6) is 0 Å². The first-order chi connectivity index (χ1) is 9.24. The van der Waals surface area contributed by atoms with Crippen molar-refractivity contribution in [2.75, 3.05) is 0 Å². The summed E-state index contributed by atoms with van der Waals surface area (Å²) in [6, 6.07) is 15.2. The lowest BCUT2D eigenvalue weighted by atomic mass is 10.1. The molecule has 3 nitrogen and oxygen atoms in total. The Labute approximate surface area is 119 Å². The average Bonchev–Trinajstić information content (AvgIpc) is 2.83. The van der Waals surface area contributed by atoms with Gasteiger partial charge in [-0.3, -0.25) is 9.48 Å². The monoisotopic (exact) mass is 314 g/mol. The standard InChI is InChI=1S/C15H11BrN2O/c16-13-7-5-11(6-8-13)15(19)10-18-14-4-2-1-3-12(14)9-17-18/h1-9H,10H2. The van der Waals surface area contributed by atoms with Gasteiger partial charge in [0.1, 0.15) is 6.54 Å². The zero-order valence-corrected chi connectivity index (χ0v) is 11.7. The van der Waals surface area contributed by atoms with Crippen molar-refractivity contribution in [3.05, 3.63) is 64.8 Å². The van der Waals surface area contributed by atoms with E-state index in [1.807, 2.05) is 48.5 Å². The van der Waals surface area contributed by atoms with Crippen LogP contribution in [0.25, 0.3) is 10.9 Å². The number of hydrogen-bond donors (Lipinski definition) is 0. The van der Waals surface area contributed by atoms with Gasteiger partial charge in [-0.15, -0.1) is 0 Å². The number of halogens is 1. The molecule has 2 aromatic carbocycles. The minimum Gasteiger partial charge on any atom is -0.292 e. The molecule has 0 unspecified atom stereocenters. The average molecular weight is 315 g/mol. The van der Waals surface area contributed by atoms with Crippen molar-refractivity contribution in [3.63, 3.8) is 0 Å². The van der Waals surface area contributed by atoms with Crippen molar-refractivity contribution in [2.24, 2.45) is 0 Å². The Hall–Kier alpha value is -1.94. The van der Waals surface area contributed by atoms with E-state index < -0.39 is 0 Å². The van der Waals surface area contributed by atoms with Gasteiger partial charge in [0.15, 0.2) is 5.78 Å². The summed E-state index contributed by atoms with van der Waals surface area (Å²) in [7, 11) is 0. The van der Waals surface area contributed by atoms with E-state index in [0.717, 1.165) is 15.4 Å². The predicted octanol–water partition coefficient (Wildman–Crippen LogP) is 3.68.